The predicted octanol–water partition coefficient (Wildman–Crippen LogP) is 1.73. The largest absolute Gasteiger partial charge is 0.495 e. The number of ether oxygens (including phenoxy) is 3. The summed E-state index contributed by atoms with van der Waals surface area (Å²) in [5, 5.41) is 13.0. The third kappa shape index (κ3) is 2.88. The van der Waals surface area contributed by atoms with Crippen molar-refractivity contribution in [2.75, 3.05) is 34.9 Å². The van der Waals surface area contributed by atoms with Crippen molar-refractivity contribution in [2.24, 2.45) is 0 Å². The van der Waals surface area contributed by atoms with Gasteiger partial charge in [0.2, 0.25) is 0 Å². The standard InChI is InChI=1S/C12H18BrNO4/c1-14-6-8(15)7-5-9(16-2)12(18-4)10(13)11(7)17-3/h5,8,14-15H,6H2,1-4H3. The van der Waals surface area contributed by atoms with E-state index in [9.17, 15) is 5.11 Å². The van der Waals surface area contributed by atoms with Crippen LogP contribution in [0.3, 0.4) is 0 Å². The van der Waals surface area contributed by atoms with E-state index < -0.39 is 6.10 Å². The molecule has 0 heterocycles. The molecule has 0 fully saturated rings. The second-order valence-electron chi connectivity index (χ2n) is 3.62. The van der Waals surface area contributed by atoms with Crippen LogP contribution in [0.25, 0.3) is 0 Å². The van der Waals surface area contributed by atoms with Gasteiger partial charge < -0.3 is 24.6 Å². The molecule has 102 valence electrons. The number of halogens is 1. The van der Waals surface area contributed by atoms with Crippen molar-refractivity contribution in [1.82, 2.24) is 5.32 Å². The van der Waals surface area contributed by atoms with E-state index in [1.54, 1.807) is 34.4 Å². The van der Waals surface area contributed by atoms with Crippen LogP contribution >= 0.6 is 15.9 Å². The highest BCUT2D eigenvalue weighted by atomic mass is 79.9. The molecule has 0 aliphatic heterocycles. The lowest BCUT2D eigenvalue weighted by atomic mass is 10.1. The Kier molecular flexibility index (Phi) is 5.71. The van der Waals surface area contributed by atoms with Gasteiger partial charge in [-0.15, -0.1) is 0 Å². The second kappa shape index (κ2) is 6.82. The van der Waals surface area contributed by atoms with Gasteiger partial charge in [-0.05, 0) is 29.0 Å². The number of aliphatic hydroxyl groups excluding tert-OH is 1. The summed E-state index contributed by atoms with van der Waals surface area (Å²) >= 11 is 3.40. The fourth-order valence-corrected chi connectivity index (χ4v) is 2.46. The van der Waals surface area contributed by atoms with Crippen molar-refractivity contribution in [3.63, 3.8) is 0 Å². The molecular formula is C12H18BrNO4. The minimum Gasteiger partial charge on any atom is -0.495 e. The van der Waals surface area contributed by atoms with Crippen molar-refractivity contribution in [2.45, 2.75) is 6.10 Å². The third-order valence-corrected chi connectivity index (χ3v) is 3.28. The monoisotopic (exact) mass is 319 g/mol. The lowest BCUT2D eigenvalue weighted by molar-refractivity contribution is 0.172. The molecule has 1 atom stereocenters. The van der Waals surface area contributed by atoms with Crippen LogP contribution in [0, 0.1) is 0 Å². The zero-order chi connectivity index (χ0) is 13.7. The number of hydrogen-bond acceptors (Lipinski definition) is 5. The van der Waals surface area contributed by atoms with Crippen LogP contribution in [-0.4, -0.2) is 40.0 Å². The summed E-state index contributed by atoms with van der Waals surface area (Å²) < 4.78 is 16.4. The molecule has 0 saturated carbocycles. The van der Waals surface area contributed by atoms with Crippen LogP contribution in [-0.2, 0) is 0 Å². The van der Waals surface area contributed by atoms with Gasteiger partial charge >= 0.3 is 0 Å². The summed E-state index contributed by atoms with van der Waals surface area (Å²) in [6.07, 6.45) is -0.693. The number of aliphatic hydroxyl groups is 1. The minimum atomic E-state index is -0.693. The number of nitrogens with one attached hydrogen (secondary N) is 1. The van der Waals surface area contributed by atoms with Gasteiger partial charge in [-0.1, -0.05) is 0 Å². The summed E-state index contributed by atoms with van der Waals surface area (Å²) in [7, 11) is 6.41. The van der Waals surface area contributed by atoms with Gasteiger partial charge in [-0.2, -0.15) is 0 Å². The van der Waals surface area contributed by atoms with E-state index in [0.29, 0.717) is 33.8 Å². The van der Waals surface area contributed by atoms with Crippen LogP contribution in [0.5, 0.6) is 17.2 Å². The van der Waals surface area contributed by atoms with Gasteiger partial charge in [0, 0.05) is 12.1 Å². The molecule has 0 aliphatic rings. The Bertz CT molecular complexity index is 412. The van der Waals surface area contributed by atoms with Gasteiger partial charge in [0.1, 0.15) is 10.2 Å². The molecule has 1 aromatic rings. The highest BCUT2D eigenvalue weighted by Gasteiger charge is 2.22. The Morgan fingerprint density at radius 1 is 1.22 bits per heavy atom. The van der Waals surface area contributed by atoms with E-state index in [1.807, 2.05) is 0 Å². The molecule has 0 saturated heterocycles. The van der Waals surface area contributed by atoms with Gasteiger partial charge in [0.15, 0.2) is 11.5 Å². The molecule has 5 nitrogen and oxygen atoms in total. The first-order valence-corrected chi connectivity index (χ1v) is 6.21. The molecule has 0 aromatic heterocycles. The maximum absolute atomic E-state index is 10.1. The molecule has 1 aromatic carbocycles. The number of benzene rings is 1. The van der Waals surface area contributed by atoms with Crippen LogP contribution in [0.1, 0.15) is 11.7 Å². The zero-order valence-corrected chi connectivity index (χ0v) is 12.5. The SMILES string of the molecule is CNCC(O)c1cc(OC)c(OC)c(Br)c1OC. The quantitative estimate of drug-likeness (QED) is 0.836. The summed E-state index contributed by atoms with van der Waals surface area (Å²) in [5.41, 5.74) is 0.636. The van der Waals surface area contributed by atoms with Crippen molar-refractivity contribution in [3.05, 3.63) is 16.1 Å². The molecule has 1 unspecified atom stereocenters. The first-order chi connectivity index (χ1) is 8.60. The van der Waals surface area contributed by atoms with E-state index in [0.717, 1.165) is 0 Å². The normalized spacial score (nSPS) is 12.1. The molecule has 0 spiro atoms. The lowest BCUT2D eigenvalue weighted by Crippen LogP contribution is -2.17. The zero-order valence-electron chi connectivity index (χ0n) is 10.9. The highest BCUT2D eigenvalue weighted by molar-refractivity contribution is 9.10. The minimum absolute atomic E-state index is 0.415. The molecule has 18 heavy (non-hydrogen) atoms. The Balaban J connectivity index is 3.37. The summed E-state index contributed by atoms with van der Waals surface area (Å²) in [4.78, 5) is 0. The fraction of sp³-hybridized carbons (Fsp3) is 0.500. The van der Waals surface area contributed by atoms with Gasteiger partial charge in [0.05, 0.1) is 27.4 Å². The van der Waals surface area contributed by atoms with Gasteiger partial charge in [-0.25, -0.2) is 0 Å². The summed E-state index contributed by atoms with van der Waals surface area (Å²) in [5.74, 6) is 1.61. The Labute approximate surface area is 115 Å². The molecule has 6 heteroatoms. The number of methoxy groups -OCH3 is 3. The van der Waals surface area contributed by atoms with Crippen molar-refractivity contribution < 1.29 is 19.3 Å². The maximum atomic E-state index is 10.1. The Morgan fingerprint density at radius 2 is 1.83 bits per heavy atom. The molecule has 2 N–H and O–H groups in total. The van der Waals surface area contributed by atoms with E-state index in [2.05, 4.69) is 21.2 Å². The molecule has 0 radical (unpaired) electrons. The molecule has 0 bridgehead atoms. The van der Waals surface area contributed by atoms with Crippen LogP contribution < -0.4 is 19.5 Å². The van der Waals surface area contributed by atoms with Gasteiger partial charge in [0.25, 0.3) is 0 Å². The Hall–Kier alpha value is -0.980. The average Bonchev–Trinajstić information content (AvgIpc) is 2.37. The predicted molar refractivity (Wildman–Crippen MR) is 72.7 cm³/mol. The first-order valence-electron chi connectivity index (χ1n) is 5.41. The number of likely N-dealkylation sites (N-methyl/N-ethyl adjacent to an activating group) is 1. The van der Waals surface area contributed by atoms with Gasteiger partial charge in [-0.3, -0.25) is 0 Å². The highest BCUT2D eigenvalue weighted by Crippen LogP contribution is 2.45. The average molecular weight is 320 g/mol. The molecule has 0 amide bonds. The van der Waals surface area contributed by atoms with E-state index >= 15 is 0 Å². The smallest absolute Gasteiger partial charge is 0.178 e. The van der Waals surface area contributed by atoms with Crippen LogP contribution in [0.15, 0.2) is 10.5 Å². The number of hydrogen-bond donors (Lipinski definition) is 2. The molecule has 1 rings (SSSR count). The van der Waals surface area contributed by atoms with E-state index in [4.69, 9.17) is 14.2 Å². The van der Waals surface area contributed by atoms with Crippen molar-refractivity contribution in [3.8, 4) is 17.2 Å². The Morgan fingerprint density at radius 3 is 2.28 bits per heavy atom. The summed E-state index contributed by atoms with van der Waals surface area (Å²) in [6.45, 7) is 0.415. The maximum Gasteiger partial charge on any atom is 0.178 e. The molecular weight excluding hydrogens is 302 g/mol. The number of rotatable bonds is 6. The van der Waals surface area contributed by atoms with Crippen molar-refractivity contribution >= 4 is 15.9 Å². The first kappa shape index (κ1) is 15.1. The summed E-state index contributed by atoms with van der Waals surface area (Å²) in [6, 6.07) is 1.71. The van der Waals surface area contributed by atoms with E-state index in [-0.39, 0.29) is 0 Å². The van der Waals surface area contributed by atoms with Crippen LogP contribution in [0.2, 0.25) is 0 Å². The van der Waals surface area contributed by atoms with E-state index in [1.165, 1.54) is 0 Å². The third-order valence-electron chi connectivity index (χ3n) is 2.56. The second-order valence-corrected chi connectivity index (χ2v) is 4.42. The van der Waals surface area contributed by atoms with Crippen molar-refractivity contribution in [1.29, 1.82) is 0 Å². The fourth-order valence-electron chi connectivity index (χ4n) is 1.71. The topological polar surface area (TPSA) is 60.0 Å². The molecule has 0 aliphatic carbocycles. The lowest BCUT2D eigenvalue weighted by Gasteiger charge is -2.19. The van der Waals surface area contributed by atoms with Crippen LogP contribution in [0.4, 0.5) is 0 Å².